The molecular weight excluding hydrogens is 373 g/mol. The lowest BCUT2D eigenvalue weighted by Crippen LogP contribution is -2.37. The van der Waals surface area contributed by atoms with Crippen LogP contribution in [0.3, 0.4) is 0 Å². The summed E-state index contributed by atoms with van der Waals surface area (Å²) in [5.41, 5.74) is 0.166. The molecule has 148 valence electrons. The van der Waals surface area contributed by atoms with Gasteiger partial charge >= 0.3 is 10.2 Å². The summed E-state index contributed by atoms with van der Waals surface area (Å²) in [5, 5.41) is 10.3. The van der Waals surface area contributed by atoms with E-state index in [-0.39, 0.29) is 0 Å². The molecule has 3 aliphatic rings. The highest BCUT2D eigenvalue weighted by Crippen LogP contribution is 2.36. The Kier molecular flexibility index (Phi) is 4.75. The Labute approximate surface area is 158 Å². The van der Waals surface area contributed by atoms with Crippen molar-refractivity contribution < 1.29 is 22.7 Å². The zero-order chi connectivity index (χ0) is 19.2. The number of nitrogens with one attached hydrogen (secondary N) is 1. The Morgan fingerprint density at radius 3 is 2.63 bits per heavy atom. The summed E-state index contributed by atoms with van der Waals surface area (Å²) in [4.78, 5) is 13.8. The molecule has 0 aromatic heterocycles. The number of phenols is 1. The van der Waals surface area contributed by atoms with Crippen molar-refractivity contribution in [3.63, 3.8) is 0 Å². The van der Waals surface area contributed by atoms with Gasteiger partial charge in [0, 0.05) is 13.1 Å². The molecule has 3 fully saturated rings. The van der Waals surface area contributed by atoms with Crippen molar-refractivity contribution in [2.75, 3.05) is 30.5 Å². The monoisotopic (exact) mass is 397 g/mol. The molecule has 4 rings (SSSR count). The molecule has 27 heavy (non-hydrogen) atoms. The van der Waals surface area contributed by atoms with Crippen LogP contribution in [0.1, 0.15) is 31.2 Å². The second-order valence-corrected chi connectivity index (χ2v) is 9.49. The molecule has 1 unspecified atom stereocenters. The predicted octanol–water partition coefficient (Wildman–Crippen LogP) is 1.38. The topological polar surface area (TPSA) is 90.0 Å². The van der Waals surface area contributed by atoms with E-state index in [4.69, 9.17) is 0 Å². The van der Waals surface area contributed by atoms with Gasteiger partial charge in [0.05, 0.1) is 0 Å². The van der Waals surface area contributed by atoms with E-state index in [9.17, 15) is 22.7 Å². The lowest BCUT2D eigenvalue weighted by Gasteiger charge is -2.33. The number of benzene rings is 1. The molecule has 2 saturated heterocycles. The summed E-state index contributed by atoms with van der Waals surface area (Å²) in [6.07, 6.45) is 5.45. The van der Waals surface area contributed by atoms with Crippen molar-refractivity contribution in [2.45, 2.75) is 32.1 Å². The molecule has 1 atom stereocenters. The van der Waals surface area contributed by atoms with Gasteiger partial charge in [0.25, 0.3) is 5.91 Å². The van der Waals surface area contributed by atoms with E-state index in [0.29, 0.717) is 22.2 Å². The Morgan fingerprint density at radius 1 is 1.22 bits per heavy atom. The van der Waals surface area contributed by atoms with Gasteiger partial charge in [0.2, 0.25) is 0 Å². The summed E-state index contributed by atoms with van der Waals surface area (Å²) in [6.45, 7) is 2.69. The summed E-state index contributed by atoms with van der Waals surface area (Å²) < 4.78 is 40.8. The minimum atomic E-state index is -4.16. The van der Waals surface area contributed by atoms with Crippen LogP contribution in [-0.4, -0.2) is 50.5 Å². The van der Waals surface area contributed by atoms with Gasteiger partial charge in [-0.25, -0.2) is 13.4 Å². The molecule has 2 N–H and O–H groups in total. The number of piperidine rings is 1. The Bertz CT molecular complexity index is 833. The third-order valence-corrected chi connectivity index (χ3v) is 6.89. The summed E-state index contributed by atoms with van der Waals surface area (Å²) in [5.74, 6) is -0.827. The molecule has 1 aliphatic carbocycles. The maximum atomic E-state index is 14.6. The number of aromatic hydroxyl groups is 1. The van der Waals surface area contributed by atoms with Gasteiger partial charge in [0.15, 0.2) is 5.82 Å². The number of hydrogen-bond donors (Lipinski definition) is 2. The fraction of sp³-hybridized carbons (Fsp3) is 0.611. The molecule has 2 aliphatic heterocycles. The first-order chi connectivity index (χ1) is 12.8. The molecule has 9 heteroatoms. The van der Waals surface area contributed by atoms with Crippen LogP contribution in [0.4, 0.5) is 10.1 Å². The van der Waals surface area contributed by atoms with Crippen LogP contribution in [0.15, 0.2) is 12.1 Å². The fourth-order valence-electron chi connectivity index (χ4n) is 4.13. The van der Waals surface area contributed by atoms with Gasteiger partial charge in [0.1, 0.15) is 18.0 Å². The first-order valence-corrected chi connectivity index (χ1v) is 10.8. The first-order valence-electron chi connectivity index (χ1n) is 9.39. The Balaban J connectivity index is 1.49. The molecule has 7 nitrogen and oxygen atoms in total. The zero-order valence-corrected chi connectivity index (χ0v) is 15.8. The highest BCUT2D eigenvalue weighted by Gasteiger charge is 2.37. The molecule has 1 aromatic rings. The Hall–Kier alpha value is -1.87. The molecule has 1 amide bonds. The quantitative estimate of drug-likeness (QED) is 0.783. The highest BCUT2D eigenvalue weighted by atomic mass is 32.2. The predicted molar refractivity (Wildman–Crippen MR) is 98.1 cm³/mol. The van der Waals surface area contributed by atoms with Crippen molar-refractivity contribution in [2.24, 2.45) is 11.8 Å². The minimum Gasteiger partial charge on any atom is -0.506 e. The van der Waals surface area contributed by atoms with Gasteiger partial charge in [-0.1, -0.05) is 0 Å². The van der Waals surface area contributed by atoms with Crippen molar-refractivity contribution in [1.29, 1.82) is 0 Å². The average molecular weight is 397 g/mol. The second kappa shape index (κ2) is 6.94. The number of rotatable bonds is 5. The highest BCUT2D eigenvalue weighted by molar-refractivity contribution is 7.92. The molecule has 0 spiro atoms. The standard InChI is InChI=1S/C18H24FN3O4S/c19-15-7-14(6-13-2-1-5-21(10-13)9-12-3-4-12)8-16(23)18(15)22-11-17(24)20-27(22,25)26/h7-8,12-13,23H,1-6,9-11H2,(H,20,24). The number of amides is 1. The number of likely N-dealkylation sites (tertiary alicyclic amines) is 1. The van der Waals surface area contributed by atoms with E-state index < -0.39 is 39.9 Å². The number of nitrogens with zero attached hydrogens (tertiary/aromatic N) is 2. The molecule has 0 radical (unpaired) electrons. The second-order valence-electron chi connectivity index (χ2n) is 7.90. The SMILES string of the molecule is O=C1CN(c2c(O)cc(CC3CCCN(CC4CC4)C3)cc2F)S(=O)(=O)N1. The lowest BCUT2D eigenvalue weighted by molar-refractivity contribution is -0.117. The first kappa shape index (κ1) is 18.5. The smallest absolute Gasteiger partial charge is 0.326 e. The van der Waals surface area contributed by atoms with Crippen LogP contribution in [0.5, 0.6) is 5.75 Å². The van der Waals surface area contributed by atoms with Crippen LogP contribution >= 0.6 is 0 Å². The van der Waals surface area contributed by atoms with Gasteiger partial charge in [-0.15, -0.1) is 0 Å². The average Bonchev–Trinajstić information content (AvgIpc) is 3.32. The lowest BCUT2D eigenvalue weighted by atomic mass is 9.91. The van der Waals surface area contributed by atoms with Gasteiger partial charge < -0.3 is 10.0 Å². The van der Waals surface area contributed by atoms with Gasteiger partial charge in [-0.3, -0.25) is 4.79 Å². The molecule has 1 aromatic carbocycles. The number of phenolic OH excluding ortho intramolecular Hbond substituents is 1. The number of anilines is 1. The van der Waals surface area contributed by atoms with Crippen LogP contribution in [0.25, 0.3) is 0 Å². The number of carbonyl (C=O) groups excluding carboxylic acids is 1. The summed E-state index contributed by atoms with van der Waals surface area (Å²) in [7, 11) is -4.16. The molecule has 2 heterocycles. The van der Waals surface area contributed by atoms with E-state index in [1.54, 1.807) is 4.72 Å². The maximum absolute atomic E-state index is 14.6. The van der Waals surface area contributed by atoms with Crippen LogP contribution < -0.4 is 9.03 Å². The van der Waals surface area contributed by atoms with Crippen molar-refractivity contribution >= 4 is 21.8 Å². The summed E-state index contributed by atoms with van der Waals surface area (Å²) >= 11 is 0. The van der Waals surface area contributed by atoms with Gasteiger partial charge in [-0.05, 0) is 68.2 Å². The number of halogens is 1. The molecule has 1 saturated carbocycles. The van der Waals surface area contributed by atoms with Crippen molar-refractivity contribution in [1.82, 2.24) is 9.62 Å². The van der Waals surface area contributed by atoms with E-state index in [1.165, 1.54) is 25.0 Å². The third kappa shape index (κ3) is 4.03. The van der Waals surface area contributed by atoms with E-state index in [2.05, 4.69) is 4.90 Å². The molecule has 0 bridgehead atoms. The summed E-state index contributed by atoms with van der Waals surface area (Å²) in [6, 6.07) is 2.68. The van der Waals surface area contributed by atoms with Crippen molar-refractivity contribution in [3.8, 4) is 5.75 Å². The number of carbonyl (C=O) groups is 1. The third-order valence-electron chi connectivity index (χ3n) is 5.51. The largest absolute Gasteiger partial charge is 0.506 e. The van der Waals surface area contributed by atoms with Crippen LogP contribution in [0, 0.1) is 17.7 Å². The van der Waals surface area contributed by atoms with E-state index in [1.807, 2.05) is 0 Å². The fourth-order valence-corrected chi connectivity index (χ4v) is 5.30. The zero-order valence-electron chi connectivity index (χ0n) is 15.0. The van der Waals surface area contributed by atoms with Crippen LogP contribution in [0.2, 0.25) is 0 Å². The van der Waals surface area contributed by atoms with Gasteiger partial charge in [-0.2, -0.15) is 8.42 Å². The number of hydrogen-bond acceptors (Lipinski definition) is 5. The van der Waals surface area contributed by atoms with Crippen molar-refractivity contribution in [3.05, 3.63) is 23.5 Å². The van der Waals surface area contributed by atoms with E-state index in [0.717, 1.165) is 38.4 Å². The maximum Gasteiger partial charge on any atom is 0.326 e. The van der Waals surface area contributed by atoms with Crippen LogP contribution in [-0.2, 0) is 21.4 Å². The Morgan fingerprint density at radius 2 is 2.00 bits per heavy atom. The van der Waals surface area contributed by atoms with E-state index >= 15 is 0 Å². The normalized spacial score (nSPS) is 25.6. The molecular formula is C18H24FN3O4S. The minimum absolute atomic E-state index is 0.390.